The third-order valence-corrected chi connectivity index (χ3v) is 4.49. The van der Waals surface area contributed by atoms with Crippen LogP contribution >= 0.6 is 48.0 Å². The van der Waals surface area contributed by atoms with Gasteiger partial charge in [0.15, 0.2) is 18.9 Å². The Morgan fingerprint density at radius 1 is 1.10 bits per heavy atom. The Labute approximate surface area is 157 Å². The van der Waals surface area contributed by atoms with Crippen molar-refractivity contribution < 1.29 is 14.4 Å². The van der Waals surface area contributed by atoms with Crippen LogP contribution in [0.4, 0.5) is 0 Å². The summed E-state index contributed by atoms with van der Waals surface area (Å²) in [6, 6.07) is 2.36. The zero-order chi connectivity index (χ0) is 17.1. The number of nitrogens with two attached hydrogens (primary N) is 1. The third kappa shape index (κ3) is 22.2. The second kappa shape index (κ2) is 22.0. The average Bonchev–Trinajstić information content (AvgIpc) is 2.94. The fourth-order valence-corrected chi connectivity index (χ4v) is 3.17. The number of thiophene rings is 1. The molecule has 0 aliphatic rings. The maximum atomic E-state index is 9.01. The van der Waals surface area contributed by atoms with Crippen molar-refractivity contribution in [1.82, 2.24) is 0 Å². The first-order valence-corrected chi connectivity index (χ1v) is 8.90. The van der Waals surface area contributed by atoms with Crippen LogP contribution in [0.1, 0.15) is 17.8 Å². The molecule has 1 heterocycles. The molecule has 0 saturated heterocycles. The first-order chi connectivity index (χ1) is 9.96. The summed E-state index contributed by atoms with van der Waals surface area (Å²) < 4.78 is 1.40. The van der Waals surface area contributed by atoms with Crippen LogP contribution in [0.25, 0.3) is 0 Å². The van der Waals surface area contributed by atoms with Gasteiger partial charge in [-0.25, -0.2) is 0 Å². The second-order valence-electron chi connectivity index (χ2n) is 2.80. The second-order valence-corrected chi connectivity index (χ2v) is 6.11. The van der Waals surface area contributed by atoms with Crippen LogP contribution in [-0.4, -0.2) is 57.5 Å². The third-order valence-electron chi connectivity index (χ3n) is 1.28. The van der Waals surface area contributed by atoms with Gasteiger partial charge in [0, 0.05) is 16.1 Å². The molecule has 3 radical (unpaired) electrons. The maximum absolute atomic E-state index is 9.01. The molecule has 0 amide bonds. The van der Waals surface area contributed by atoms with Gasteiger partial charge in [-0.05, 0) is 0 Å². The molecule has 4 nitrogen and oxygen atoms in total. The van der Waals surface area contributed by atoms with Crippen LogP contribution in [0.5, 0.6) is 0 Å². The zero-order valence-electron chi connectivity index (χ0n) is 11.1. The van der Waals surface area contributed by atoms with Crippen LogP contribution in [0.2, 0.25) is 0 Å². The molecular weight excluding hydrogens is 453 g/mol. The van der Waals surface area contributed by atoms with E-state index in [2.05, 4.69) is 48.1 Å². The first-order valence-electron chi connectivity index (χ1n) is 5.18. The number of hydrogen-bond acceptors (Lipinski definition) is 8. The van der Waals surface area contributed by atoms with Gasteiger partial charge in [0.1, 0.15) is 0 Å². The van der Waals surface area contributed by atoms with E-state index >= 15 is 0 Å². The summed E-state index contributed by atoms with van der Waals surface area (Å²) >= 11 is 15.4. The minimum Gasteiger partial charge on any atom is -0.298 e. The van der Waals surface area contributed by atoms with E-state index in [-0.39, 0.29) is 6.04 Å². The summed E-state index contributed by atoms with van der Waals surface area (Å²) in [6.07, 6.45) is 1.69. The van der Waals surface area contributed by atoms with Gasteiger partial charge in [0.05, 0.1) is 0 Å². The summed E-state index contributed by atoms with van der Waals surface area (Å²) in [6.45, 7) is 2.03. The van der Waals surface area contributed by atoms with Crippen LogP contribution in [-0.2, 0) is 14.4 Å². The predicted molar refractivity (Wildman–Crippen MR) is 101 cm³/mol. The molecule has 0 aliphatic carbocycles. The molecule has 0 bridgehead atoms. The summed E-state index contributed by atoms with van der Waals surface area (Å²) in [5.41, 5.74) is 5.68. The molecule has 9 heteroatoms. The van der Waals surface area contributed by atoms with E-state index in [0.29, 0.717) is 18.9 Å². The van der Waals surface area contributed by atoms with Gasteiger partial charge in [-0.2, -0.15) is 0 Å². The molecule has 0 saturated carbocycles. The Balaban J connectivity index is -0.000000230. The molecule has 0 aromatic carbocycles. The number of carbonyl (C=O) groups is 3. The van der Waals surface area contributed by atoms with E-state index < -0.39 is 0 Å². The summed E-state index contributed by atoms with van der Waals surface area (Å²) in [5, 5.41) is 5.18. The Hall–Kier alpha value is -0.261. The largest absolute Gasteiger partial charge is 0.298 e. The van der Waals surface area contributed by atoms with Crippen molar-refractivity contribution in [1.29, 1.82) is 0 Å². The molecule has 0 fully saturated rings. The summed E-state index contributed by atoms with van der Waals surface area (Å²) in [4.78, 5) is 28.4. The average molecular weight is 467 g/mol. The molecule has 1 atom stereocenters. The Kier molecular flexibility index (Phi) is 26.9. The molecule has 1 aromatic rings. The number of hydrogen-bond donors (Lipinski definition) is 1. The molecule has 1 aromatic heterocycles. The van der Waals surface area contributed by atoms with E-state index in [1.807, 2.05) is 6.92 Å². The zero-order valence-corrected chi connectivity index (χ0v) is 17.3. The van der Waals surface area contributed by atoms with Crippen molar-refractivity contribution in [3.05, 3.63) is 16.3 Å². The van der Waals surface area contributed by atoms with Crippen molar-refractivity contribution >= 4 is 109 Å². The number of aldehydes is 3. The molecule has 2 N–H and O–H groups in total. The predicted octanol–water partition coefficient (Wildman–Crippen LogP) is 1.12. The molecule has 113 valence electrons. The van der Waals surface area contributed by atoms with Crippen LogP contribution in [0.3, 0.4) is 0 Å². The monoisotopic (exact) mass is 468 g/mol. The van der Waals surface area contributed by atoms with E-state index in [0.717, 1.165) is 16.1 Å². The van der Waals surface area contributed by atoms with E-state index in [1.54, 1.807) is 11.3 Å². The van der Waals surface area contributed by atoms with Gasteiger partial charge in [-0.15, -0.1) is 0 Å². The molecule has 1 unspecified atom stereocenters. The minimum absolute atomic E-state index is 0.222. The van der Waals surface area contributed by atoms with Crippen molar-refractivity contribution in [2.45, 2.75) is 13.0 Å². The van der Waals surface area contributed by atoms with Gasteiger partial charge in [0.25, 0.3) is 0 Å². The summed E-state index contributed by atoms with van der Waals surface area (Å²) in [7, 11) is 0. The van der Waals surface area contributed by atoms with E-state index in [4.69, 9.17) is 20.1 Å². The van der Waals surface area contributed by atoms with Crippen LogP contribution in [0.15, 0.2) is 11.4 Å². The molecule has 1 rings (SSSR count). The van der Waals surface area contributed by atoms with Crippen molar-refractivity contribution in [2.24, 2.45) is 5.73 Å². The number of rotatable bonds is 4. The topological polar surface area (TPSA) is 77.2 Å². The van der Waals surface area contributed by atoms with Gasteiger partial charge >= 0.3 is 72.5 Å². The fraction of sp³-hybridized carbons (Fsp3) is 0.167. The molecule has 0 spiro atoms. The molecule has 21 heavy (non-hydrogen) atoms. The smallest absolute Gasteiger partial charge is 0.153 e. The van der Waals surface area contributed by atoms with Gasteiger partial charge in [-0.1, -0.05) is 36.7 Å². The summed E-state index contributed by atoms with van der Waals surface area (Å²) in [5.74, 6) is 0. The van der Waals surface area contributed by atoms with Gasteiger partial charge < -0.3 is 0 Å². The maximum Gasteiger partial charge on any atom is 0.153 e. The normalized spacial score (nSPS) is 8.71. The SMILES string of the molecule is CC(N)c1scc[c]1[Sn].O=CC=S.O=CC=S.O=CC=S. The Morgan fingerprint density at radius 2 is 1.43 bits per heavy atom. The molecule has 0 aliphatic heterocycles. The number of carbonyl (C=O) groups excluding carboxylic acids is 3. The minimum atomic E-state index is 0.222. The van der Waals surface area contributed by atoms with E-state index in [1.165, 1.54) is 31.0 Å². The van der Waals surface area contributed by atoms with Crippen LogP contribution in [0, 0.1) is 0 Å². The Morgan fingerprint density at radius 3 is 1.52 bits per heavy atom. The van der Waals surface area contributed by atoms with Crippen molar-refractivity contribution in [3.63, 3.8) is 0 Å². The van der Waals surface area contributed by atoms with E-state index in [9.17, 15) is 0 Å². The fourth-order valence-electron chi connectivity index (χ4n) is 0.674. The molecular formula is C12H14NO3S4Sn. The van der Waals surface area contributed by atoms with Crippen molar-refractivity contribution in [2.75, 3.05) is 0 Å². The van der Waals surface area contributed by atoms with Crippen molar-refractivity contribution in [3.8, 4) is 0 Å². The van der Waals surface area contributed by atoms with Crippen LogP contribution < -0.4 is 9.31 Å². The quantitative estimate of drug-likeness (QED) is 0.404. The number of thiocarbonyl (C=S) groups is 3. The standard InChI is InChI=1S/C6H8NS.3C2H2OS.Sn/c1-5(7)6-3-2-4-8-6;3*3-1-2-4;/h2,4-5H,7H2,1H3;3*1-2H;. The Bertz CT molecular complexity index is 389. The first kappa shape index (κ1) is 25.7. The van der Waals surface area contributed by atoms with Gasteiger partial charge in [0.2, 0.25) is 0 Å². The van der Waals surface area contributed by atoms with Gasteiger partial charge in [-0.3, -0.25) is 14.4 Å².